The van der Waals surface area contributed by atoms with Crippen LogP contribution in [0.1, 0.15) is 0 Å². The van der Waals surface area contributed by atoms with Crippen molar-refractivity contribution in [1.29, 1.82) is 0 Å². The summed E-state index contributed by atoms with van der Waals surface area (Å²) in [5.74, 6) is -2.94. The highest BCUT2D eigenvalue weighted by atomic mass is 16.6. The Morgan fingerprint density at radius 1 is 1.40 bits per heavy atom. The van der Waals surface area contributed by atoms with E-state index in [0.717, 1.165) is 0 Å². The molecule has 0 aromatic carbocycles. The van der Waals surface area contributed by atoms with Crippen molar-refractivity contribution in [2.45, 2.75) is 24.4 Å². The van der Waals surface area contributed by atoms with E-state index in [-0.39, 0.29) is 0 Å². The van der Waals surface area contributed by atoms with Crippen LogP contribution in [0.3, 0.4) is 0 Å². The van der Waals surface area contributed by atoms with Crippen LogP contribution in [0.5, 0.6) is 0 Å². The first-order chi connectivity index (χ1) is 9.34. The number of nitrogens with zero attached hydrogens (tertiary/aromatic N) is 1. The van der Waals surface area contributed by atoms with Crippen LogP contribution in [0.25, 0.3) is 0 Å². The van der Waals surface area contributed by atoms with E-state index in [1.54, 1.807) is 5.32 Å². The number of aliphatic carboxylic acids is 1. The molecule has 0 bridgehead atoms. The topological polar surface area (TPSA) is 166 Å². The van der Waals surface area contributed by atoms with Gasteiger partial charge < -0.3 is 25.2 Å². The number of carbonyl (C=O) groups is 3. The molecule has 2 rings (SSSR count). The molecular weight excluding hydrogens is 276 g/mol. The Hall–Kier alpha value is -1.88. The Balaban J connectivity index is 2.45. The van der Waals surface area contributed by atoms with Gasteiger partial charge in [0.2, 0.25) is 5.41 Å². The summed E-state index contributed by atoms with van der Waals surface area (Å²) in [6, 6.07) is -1.04. The molecule has 5 N–H and O–H groups in total. The molecule has 0 saturated carbocycles. The minimum absolute atomic E-state index is 0.566. The molecule has 0 aromatic rings. The van der Waals surface area contributed by atoms with Crippen molar-refractivity contribution in [3.05, 3.63) is 0 Å². The van der Waals surface area contributed by atoms with E-state index in [2.05, 4.69) is 4.99 Å². The Labute approximate surface area is 111 Å². The van der Waals surface area contributed by atoms with Gasteiger partial charge in [-0.15, -0.1) is 0 Å². The number of carbonyl (C=O) groups excluding carboxylic acids is 2. The third kappa shape index (κ3) is 1.89. The van der Waals surface area contributed by atoms with E-state index in [1.807, 2.05) is 0 Å². The number of aliphatic hydroxyl groups excluding tert-OH is 3. The monoisotopic (exact) mass is 288 g/mol. The van der Waals surface area contributed by atoms with Crippen molar-refractivity contribution < 1.29 is 39.5 Å². The van der Waals surface area contributed by atoms with Crippen molar-refractivity contribution in [2.24, 2.45) is 10.4 Å². The van der Waals surface area contributed by atoms with Gasteiger partial charge in [0.15, 0.2) is 0 Å². The minimum Gasteiger partial charge on any atom is -0.480 e. The quantitative estimate of drug-likeness (QED) is 0.340. The summed E-state index contributed by atoms with van der Waals surface area (Å²) in [5.41, 5.74) is -2.46. The van der Waals surface area contributed by atoms with Gasteiger partial charge >= 0.3 is 12.0 Å². The molecule has 10 nitrogen and oxygen atoms in total. The molecule has 1 saturated heterocycles. The van der Waals surface area contributed by atoms with Crippen LogP contribution in [-0.4, -0.2) is 75.6 Å². The summed E-state index contributed by atoms with van der Waals surface area (Å²) in [6.45, 7) is -0.678. The van der Waals surface area contributed by atoms with E-state index in [9.17, 15) is 29.7 Å². The zero-order valence-corrected chi connectivity index (χ0v) is 9.96. The maximum Gasteiger partial charge on any atom is 0.347 e. The summed E-state index contributed by atoms with van der Waals surface area (Å²) < 4.78 is 5.05. The lowest BCUT2D eigenvalue weighted by atomic mass is 9.78. The van der Waals surface area contributed by atoms with Crippen LogP contribution in [0.2, 0.25) is 0 Å². The average Bonchev–Trinajstić information content (AvgIpc) is 2.67. The Morgan fingerprint density at radius 3 is 2.50 bits per heavy atom. The maximum atomic E-state index is 11.9. The highest BCUT2D eigenvalue weighted by Crippen LogP contribution is 2.35. The van der Waals surface area contributed by atoms with E-state index >= 15 is 0 Å². The second-order valence-corrected chi connectivity index (χ2v) is 4.45. The molecular formula is C10H12N2O8. The lowest BCUT2D eigenvalue weighted by Gasteiger charge is -2.32. The van der Waals surface area contributed by atoms with Crippen molar-refractivity contribution in [1.82, 2.24) is 5.32 Å². The first-order valence-corrected chi connectivity index (χ1v) is 5.61. The number of nitrogens with one attached hydrogen (secondary N) is 1. The molecule has 10 heteroatoms. The predicted molar refractivity (Wildman–Crippen MR) is 59.9 cm³/mol. The van der Waals surface area contributed by atoms with Gasteiger partial charge in [0.1, 0.15) is 24.4 Å². The van der Waals surface area contributed by atoms with Gasteiger partial charge in [-0.25, -0.2) is 9.79 Å². The number of urea groups is 1. The SMILES string of the molecule is O=C1N=CC(C(=O)O)([C@@H]2O[C@H](CO)[C@@H](O)[C@H]2O)C(=O)N1. The zero-order chi connectivity index (χ0) is 15.1. The summed E-state index contributed by atoms with van der Waals surface area (Å²) in [7, 11) is 0. The fourth-order valence-electron chi connectivity index (χ4n) is 2.20. The largest absolute Gasteiger partial charge is 0.480 e. The lowest BCUT2D eigenvalue weighted by Crippen LogP contribution is -2.61. The Kier molecular flexibility index (Phi) is 3.56. The lowest BCUT2D eigenvalue weighted by molar-refractivity contribution is -0.162. The summed E-state index contributed by atoms with van der Waals surface area (Å²) in [6.07, 6.45) is -5.68. The molecule has 110 valence electrons. The number of hydrogen-bond donors (Lipinski definition) is 5. The Morgan fingerprint density at radius 2 is 2.05 bits per heavy atom. The number of carboxylic acid groups (broad SMARTS) is 1. The summed E-state index contributed by atoms with van der Waals surface area (Å²) in [4.78, 5) is 37.4. The molecule has 0 radical (unpaired) electrons. The van der Waals surface area contributed by atoms with Gasteiger partial charge in [-0.1, -0.05) is 0 Å². The number of rotatable bonds is 3. The normalized spacial score (nSPS) is 40.8. The van der Waals surface area contributed by atoms with E-state index in [1.165, 1.54) is 0 Å². The first-order valence-electron chi connectivity index (χ1n) is 5.61. The third-order valence-corrected chi connectivity index (χ3v) is 3.33. The number of ether oxygens (including phenoxy) is 1. The second-order valence-electron chi connectivity index (χ2n) is 4.45. The van der Waals surface area contributed by atoms with E-state index in [0.29, 0.717) is 6.21 Å². The van der Waals surface area contributed by atoms with Crippen molar-refractivity contribution in [3.63, 3.8) is 0 Å². The van der Waals surface area contributed by atoms with E-state index < -0.39 is 54.3 Å². The van der Waals surface area contributed by atoms with Gasteiger partial charge in [0.25, 0.3) is 5.91 Å². The average molecular weight is 288 g/mol. The van der Waals surface area contributed by atoms with Gasteiger partial charge in [0.05, 0.1) is 6.61 Å². The van der Waals surface area contributed by atoms with Crippen LogP contribution in [0, 0.1) is 5.41 Å². The number of aliphatic hydroxyl groups is 3. The zero-order valence-electron chi connectivity index (χ0n) is 9.96. The number of imide groups is 1. The molecule has 0 aromatic heterocycles. The minimum atomic E-state index is -2.46. The number of aliphatic imine (C=N–C) groups is 1. The molecule has 2 aliphatic rings. The molecule has 1 fully saturated rings. The van der Waals surface area contributed by atoms with Gasteiger partial charge in [-0.3, -0.25) is 14.9 Å². The predicted octanol–water partition coefficient (Wildman–Crippen LogP) is -3.14. The van der Waals surface area contributed by atoms with Gasteiger partial charge in [-0.05, 0) is 0 Å². The molecule has 0 aliphatic carbocycles. The molecule has 2 aliphatic heterocycles. The van der Waals surface area contributed by atoms with Crippen LogP contribution >= 0.6 is 0 Å². The fraction of sp³-hybridized carbons (Fsp3) is 0.600. The van der Waals surface area contributed by atoms with Gasteiger partial charge in [-0.2, -0.15) is 0 Å². The summed E-state index contributed by atoms with van der Waals surface area (Å²) >= 11 is 0. The molecule has 20 heavy (non-hydrogen) atoms. The maximum absolute atomic E-state index is 11.9. The molecule has 2 heterocycles. The van der Waals surface area contributed by atoms with Crippen molar-refractivity contribution >= 4 is 24.1 Å². The highest BCUT2D eigenvalue weighted by molar-refractivity contribution is 6.23. The molecule has 1 unspecified atom stereocenters. The fourth-order valence-corrected chi connectivity index (χ4v) is 2.20. The first kappa shape index (κ1) is 14.5. The van der Waals surface area contributed by atoms with Crippen LogP contribution in [-0.2, 0) is 14.3 Å². The third-order valence-electron chi connectivity index (χ3n) is 3.33. The molecule has 3 amide bonds. The molecule has 5 atom stereocenters. The second kappa shape index (κ2) is 4.90. The van der Waals surface area contributed by atoms with Crippen LogP contribution in [0.4, 0.5) is 4.79 Å². The van der Waals surface area contributed by atoms with Crippen LogP contribution < -0.4 is 5.32 Å². The molecule has 0 spiro atoms. The number of hydrogen-bond acceptors (Lipinski definition) is 7. The highest BCUT2D eigenvalue weighted by Gasteiger charge is 2.62. The number of amides is 3. The van der Waals surface area contributed by atoms with Crippen LogP contribution in [0.15, 0.2) is 4.99 Å². The standard InChI is InChI=1S/C10H12N2O8/c13-1-3-4(14)5(15)6(20-3)10(8(17)18)2-11-9(19)12-7(10)16/h2-6,13-15H,1H2,(H,17,18)(H,12,16,19)/t3-,4-,5-,6-,10?/m1/s1. The number of carboxylic acids is 1. The Bertz CT molecular complexity index is 492. The van der Waals surface area contributed by atoms with Gasteiger partial charge in [0, 0.05) is 6.21 Å². The van der Waals surface area contributed by atoms with Crippen molar-refractivity contribution in [3.8, 4) is 0 Å². The van der Waals surface area contributed by atoms with E-state index in [4.69, 9.17) is 9.84 Å². The smallest absolute Gasteiger partial charge is 0.347 e. The van der Waals surface area contributed by atoms with Crippen molar-refractivity contribution in [2.75, 3.05) is 6.61 Å². The summed E-state index contributed by atoms with van der Waals surface area (Å²) in [5, 5.41) is 39.4.